The van der Waals surface area contributed by atoms with Crippen molar-refractivity contribution in [2.45, 2.75) is 57.3 Å². The van der Waals surface area contributed by atoms with Crippen LogP contribution in [0, 0.1) is 23.5 Å². The summed E-state index contributed by atoms with van der Waals surface area (Å²) in [4.78, 5) is 37.9. The van der Waals surface area contributed by atoms with Crippen molar-refractivity contribution in [3.63, 3.8) is 0 Å². The highest BCUT2D eigenvalue weighted by Crippen LogP contribution is 2.39. The molecule has 1 aliphatic heterocycles. The summed E-state index contributed by atoms with van der Waals surface area (Å²) in [5.74, 6) is -2.99. The van der Waals surface area contributed by atoms with E-state index in [0.717, 1.165) is 12.8 Å². The van der Waals surface area contributed by atoms with Gasteiger partial charge in [-0.1, -0.05) is 36.4 Å². The fourth-order valence-electron chi connectivity index (χ4n) is 5.21. The molecule has 4 rings (SSSR count). The molecule has 0 radical (unpaired) electrons. The van der Waals surface area contributed by atoms with Gasteiger partial charge in [-0.15, -0.1) is 0 Å². The van der Waals surface area contributed by atoms with Gasteiger partial charge in [0.05, 0.1) is 6.10 Å². The van der Waals surface area contributed by atoms with Gasteiger partial charge in [0.25, 0.3) is 0 Å². The van der Waals surface area contributed by atoms with Crippen molar-refractivity contribution in [3.8, 4) is 0 Å². The predicted octanol–water partition coefficient (Wildman–Crippen LogP) is 6.77. The number of ether oxygens (including phenoxy) is 3. The fraction of sp³-hybridized carbons (Fsp3) is 0.324. The monoisotopic (exact) mass is 576 g/mol. The Kier molecular flexibility index (Phi) is 11.0. The molecule has 0 saturated heterocycles. The van der Waals surface area contributed by atoms with E-state index < -0.39 is 41.8 Å². The van der Waals surface area contributed by atoms with E-state index >= 15 is 0 Å². The number of allylic oxidation sites excluding steroid dienone is 2. The van der Waals surface area contributed by atoms with Gasteiger partial charge in [0.2, 0.25) is 0 Å². The van der Waals surface area contributed by atoms with Crippen LogP contribution in [0.2, 0.25) is 0 Å². The highest BCUT2D eigenvalue weighted by Gasteiger charge is 2.40. The Balaban J connectivity index is 1.51. The number of halogens is 2. The minimum Gasteiger partial charge on any atom is -0.460 e. The Morgan fingerprint density at radius 3 is 2.19 bits per heavy atom. The molecule has 2 aromatic carbocycles. The van der Waals surface area contributed by atoms with Crippen LogP contribution in [0.3, 0.4) is 0 Å². The van der Waals surface area contributed by atoms with E-state index in [-0.39, 0.29) is 17.9 Å². The molecule has 220 valence electrons. The Hall–Kier alpha value is -4.33. The second-order valence-electron chi connectivity index (χ2n) is 10.5. The minimum absolute atomic E-state index is 0.0983. The number of rotatable bonds is 6. The maximum Gasteiger partial charge on any atom is 0.331 e. The third-order valence-electron chi connectivity index (χ3n) is 7.20. The van der Waals surface area contributed by atoms with Crippen molar-refractivity contribution in [2.24, 2.45) is 11.8 Å². The molecule has 0 spiro atoms. The van der Waals surface area contributed by atoms with Crippen molar-refractivity contribution >= 4 is 30.1 Å². The summed E-state index contributed by atoms with van der Waals surface area (Å²) < 4.78 is 44.0. The maximum atomic E-state index is 13.5. The first kappa shape index (κ1) is 30.6. The van der Waals surface area contributed by atoms with Crippen molar-refractivity contribution in [3.05, 3.63) is 108 Å². The number of benzene rings is 2. The van der Waals surface area contributed by atoms with Gasteiger partial charge in [-0.25, -0.2) is 23.2 Å². The Morgan fingerprint density at radius 1 is 0.905 bits per heavy atom. The topological polar surface area (TPSA) is 78.9 Å². The fourth-order valence-corrected chi connectivity index (χ4v) is 5.21. The van der Waals surface area contributed by atoms with E-state index in [1.165, 1.54) is 66.8 Å². The van der Waals surface area contributed by atoms with E-state index in [1.807, 2.05) is 6.92 Å². The zero-order chi connectivity index (χ0) is 29.9. The van der Waals surface area contributed by atoms with Gasteiger partial charge in [0.15, 0.2) is 0 Å². The lowest BCUT2D eigenvalue weighted by atomic mass is 9.89. The predicted molar refractivity (Wildman–Crippen MR) is 155 cm³/mol. The molecule has 0 unspecified atom stereocenters. The lowest BCUT2D eigenvalue weighted by Crippen LogP contribution is -2.27. The normalized spacial score (nSPS) is 25.6. The molecule has 0 N–H and O–H groups in total. The van der Waals surface area contributed by atoms with Gasteiger partial charge < -0.3 is 14.2 Å². The molecule has 2 aliphatic rings. The summed E-state index contributed by atoms with van der Waals surface area (Å²) in [5.41, 5.74) is 1.03. The van der Waals surface area contributed by atoms with Crippen LogP contribution in [0.5, 0.6) is 0 Å². The molecular formula is C34H34F2O6. The van der Waals surface area contributed by atoms with Crippen LogP contribution >= 0.6 is 0 Å². The molecule has 8 heteroatoms. The van der Waals surface area contributed by atoms with Gasteiger partial charge in [-0.05, 0) is 98.6 Å². The standard InChI is InChI=1S/C34H34F2O6/c1-23-7-3-2-4-10-26-21-29(41-33(38)16-13-24-8-5-11-27(35)19-24)22-30(26)31(15-18-32(37)40-23)42-34(39)17-14-25-9-6-12-28(36)20-25/h4-6,8-20,23,26,29-31H,2-3,7,21-22H2,1H3/b10-4+,16-13+,17-14+,18-15?/t23-,26+,29-,30+,31+/m0/s1. The number of hydrogen-bond acceptors (Lipinski definition) is 6. The van der Waals surface area contributed by atoms with E-state index in [2.05, 4.69) is 12.2 Å². The molecule has 6 nitrogen and oxygen atoms in total. The maximum absolute atomic E-state index is 13.5. The van der Waals surface area contributed by atoms with Gasteiger partial charge in [-0.2, -0.15) is 0 Å². The first-order valence-electron chi connectivity index (χ1n) is 14.1. The summed E-state index contributed by atoms with van der Waals surface area (Å²) >= 11 is 0. The molecule has 42 heavy (non-hydrogen) atoms. The Bertz CT molecular complexity index is 1380. The Morgan fingerprint density at radius 2 is 1.55 bits per heavy atom. The number of fused-ring (bicyclic) bond motifs is 1. The summed E-state index contributed by atoms with van der Waals surface area (Å²) in [6.07, 6.45) is 14.0. The molecular weight excluding hydrogens is 542 g/mol. The largest absolute Gasteiger partial charge is 0.460 e. The van der Waals surface area contributed by atoms with Crippen molar-refractivity contribution in [2.75, 3.05) is 0 Å². The van der Waals surface area contributed by atoms with E-state index in [4.69, 9.17) is 14.2 Å². The Labute approximate surface area is 244 Å². The molecule has 1 fully saturated rings. The van der Waals surface area contributed by atoms with E-state index in [0.29, 0.717) is 30.4 Å². The van der Waals surface area contributed by atoms with Crippen LogP contribution in [-0.4, -0.2) is 36.2 Å². The number of carbonyl (C=O) groups is 3. The molecule has 0 amide bonds. The van der Waals surface area contributed by atoms with E-state index in [1.54, 1.807) is 18.2 Å². The lowest BCUT2D eigenvalue weighted by Gasteiger charge is -2.24. The van der Waals surface area contributed by atoms with Crippen LogP contribution in [-0.2, 0) is 28.6 Å². The number of carbonyl (C=O) groups excluding carboxylic acids is 3. The van der Waals surface area contributed by atoms with Gasteiger partial charge >= 0.3 is 17.9 Å². The van der Waals surface area contributed by atoms with E-state index in [9.17, 15) is 23.2 Å². The van der Waals surface area contributed by atoms with Crippen molar-refractivity contribution in [1.82, 2.24) is 0 Å². The number of hydrogen-bond donors (Lipinski definition) is 0. The quantitative estimate of drug-likeness (QED) is 0.164. The molecule has 0 aromatic heterocycles. The van der Waals surface area contributed by atoms with Crippen LogP contribution in [0.25, 0.3) is 12.2 Å². The zero-order valence-corrected chi connectivity index (χ0v) is 23.4. The smallest absolute Gasteiger partial charge is 0.331 e. The molecule has 1 saturated carbocycles. The molecule has 2 aromatic rings. The van der Waals surface area contributed by atoms with Crippen LogP contribution < -0.4 is 0 Å². The van der Waals surface area contributed by atoms with Crippen LogP contribution in [0.1, 0.15) is 50.2 Å². The molecule has 5 atom stereocenters. The second-order valence-corrected chi connectivity index (χ2v) is 10.5. The zero-order valence-electron chi connectivity index (χ0n) is 23.4. The third kappa shape index (κ3) is 9.65. The van der Waals surface area contributed by atoms with Crippen molar-refractivity contribution < 1.29 is 37.4 Å². The molecule has 1 heterocycles. The van der Waals surface area contributed by atoms with Gasteiger partial charge in [0, 0.05) is 24.1 Å². The van der Waals surface area contributed by atoms with Crippen molar-refractivity contribution in [1.29, 1.82) is 0 Å². The summed E-state index contributed by atoms with van der Waals surface area (Å²) in [7, 11) is 0. The van der Waals surface area contributed by atoms with Gasteiger partial charge in [0.1, 0.15) is 23.8 Å². The second kappa shape index (κ2) is 15.1. The average Bonchev–Trinajstić information content (AvgIpc) is 3.34. The third-order valence-corrected chi connectivity index (χ3v) is 7.20. The summed E-state index contributed by atoms with van der Waals surface area (Å²) in [5, 5.41) is 0. The highest BCUT2D eigenvalue weighted by molar-refractivity contribution is 5.88. The SMILES string of the molecule is C[C@H]1CCC/C=C/[C@@H]2C[C@H](OC(=O)/C=C/c3cccc(F)c3)C[C@H]2[C@H](OC(=O)/C=C/c2cccc(F)c2)C=CC(=O)O1. The molecule has 0 bridgehead atoms. The lowest BCUT2D eigenvalue weighted by molar-refractivity contribution is -0.146. The van der Waals surface area contributed by atoms with Crippen LogP contribution in [0.4, 0.5) is 8.78 Å². The average molecular weight is 577 g/mol. The van der Waals surface area contributed by atoms with Gasteiger partial charge in [-0.3, -0.25) is 0 Å². The highest BCUT2D eigenvalue weighted by atomic mass is 19.1. The van der Waals surface area contributed by atoms with Crippen LogP contribution in [0.15, 0.2) is 85.0 Å². The first-order valence-corrected chi connectivity index (χ1v) is 14.1. The summed E-state index contributed by atoms with van der Waals surface area (Å²) in [6, 6.07) is 11.6. The minimum atomic E-state index is -0.820. The number of esters is 3. The molecule has 1 aliphatic carbocycles. The number of cyclic esters (lactones) is 1. The first-order chi connectivity index (χ1) is 20.2. The summed E-state index contributed by atoms with van der Waals surface area (Å²) in [6.45, 7) is 1.83.